The molecule has 7 heteroatoms. The van der Waals surface area contributed by atoms with Gasteiger partial charge in [-0.25, -0.2) is 12.8 Å². The lowest BCUT2D eigenvalue weighted by Gasteiger charge is -2.29. The molecule has 138 valence electrons. The van der Waals surface area contributed by atoms with Crippen molar-refractivity contribution >= 4 is 21.6 Å². The van der Waals surface area contributed by atoms with Crippen LogP contribution >= 0.6 is 0 Å². The average molecular weight is 376 g/mol. The van der Waals surface area contributed by atoms with Crippen LogP contribution in [0.3, 0.4) is 0 Å². The number of amides is 1. The number of piperidine rings is 1. The number of halogens is 1. The van der Waals surface area contributed by atoms with Crippen molar-refractivity contribution in [1.82, 2.24) is 4.31 Å². The Morgan fingerprint density at radius 2 is 1.81 bits per heavy atom. The van der Waals surface area contributed by atoms with Crippen molar-refractivity contribution in [2.75, 3.05) is 18.4 Å². The van der Waals surface area contributed by atoms with E-state index in [0.29, 0.717) is 19.0 Å². The van der Waals surface area contributed by atoms with Crippen LogP contribution in [0.5, 0.6) is 0 Å². The maximum absolute atomic E-state index is 13.7. The van der Waals surface area contributed by atoms with Crippen LogP contribution in [0.1, 0.15) is 30.1 Å². The zero-order chi connectivity index (χ0) is 18.7. The molecule has 5 nitrogen and oxygen atoms in total. The molecule has 0 saturated carbocycles. The fraction of sp³-hybridized carbons (Fsp3) is 0.316. The van der Waals surface area contributed by atoms with Gasteiger partial charge in [0.2, 0.25) is 10.0 Å². The minimum atomic E-state index is -3.64. The van der Waals surface area contributed by atoms with E-state index < -0.39 is 21.7 Å². The Morgan fingerprint density at radius 1 is 1.12 bits per heavy atom. The van der Waals surface area contributed by atoms with Gasteiger partial charge in [0, 0.05) is 18.7 Å². The van der Waals surface area contributed by atoms with Crippen molar-refractivity contribution in [2.45, 2.75) is 24.7 Å². The summed E-state index contributed by atoms with van der Waals surface area (Å²) in [5.74, 6) is -0.592. The molecule has 0 radical (unpaired) electrons. The van der Waals surface area contributed by atoms with Crippen LogP contribution in [-0.2, 0) is 10.0 Å². The number of carbonyl (C=O) groups excluding carboxylic acids is 1. The molecule has 2 aromatic rings. The maximum atomic E-state index is 13.7. The standard InChI is InChI=1S/C19H21FN2O3S/c1-14-9-11-22(12-10-14)26(24,25)16-6-4-5-15(13-16)19(23)21-18-8-3-2-7-17(18)20/h2-8,13-14H,9-12H2,1H3,(H,21,23). The molecule has 2 aromatic carbocycles. The molecule has 0 bridgehead atoms. The van der Waals surface area contributed by atoms with Gasteiger partial charge in [-0.1, -0.05) is 25.1 Å². The highest BCUT2D eigenvalue weighted by atomic mass is 32.2. The van der Waals surface area contributed by atoms with Gasteiger partial charge in [0.15, 0.2) is 0 Å². The number of nitrogens with zero attached hydrogens (tertiary/aromatic N) is 1. The second-order valence-electron chi connectivity index (χ2n) is 6.55. The molecule has 0 aliphatic carbocycles. The van der Waals surface area contributed by atoms with E-state index in [2.05, 4.69) is 12.2 Å². The van der Waals surface area contributed by atoms with E-state index >= 15 is 0 Å². The first-order valence-electron chi connectivity index (χ1n) is 8.54. The van der Waals surface area contributed by atoms with Crippen LogP contribution in [0.2, 0.25) is 0 Å². The summed E-state index contributed by atoms with van der Waals surface area (Å²) >= 11 is 0. The Balaban J connectivity index is 1.81. The molecular weight excluding hydrogens is 355 g/mol. The van der Waals surface area contributed by atoms with E-state index in [1.165, 1.54) is 46.8 Å². The van der Waals surface area contributed by atoms with Crippen molar-refractivity contribution in [3.8, 4) is 0 Å². The summed E-state index contributed by atoms with van der Waals surface area (Å²) in [5, 5.41) is 2.47. The Hall–Kier alpha value is -2.25. The molecule has 0 aromatic heterocycles. The molecule has 1 N–H and O–H groups in total. The number of para-hydroxylation sites is 1. The van der Waals surface area contributed by atoms with Gasteiger partial charge >= 0.3 is 0 Å². The average Bonchev–Trinajstić information content (AvgIpc) is 2.64. The van der Waals surface area contributed by atoms with Crippen LogP contribution in [0.15, 0.2) is 53.4 Å². The summed E-state index contributed by atoms with van der Waals surface area (Å²) < 4.78 is 40.8. The largest absolute Gasteiger partial charge is 0.319 e. The summed E-state index contributed by atoms with van der Waals surface area (Å²) in [4.78, 5) is 12.5. The number of sulfonamides is 1. The molecule has 1 amide bonds. The van der Waals surface area contributed by atoms with Gasteiger partial charge in [-0.15, -0.1) is 0 Å². The molecule has 1 fully saturated rings. The summed E-state index contributed by atoms with van der Waals surface area (Å²) in [5.41, 5.74) is 0.218. The van der Waals surface area contributed by atoms with E-state index in [1.54, 1.807) is 6.07 Å². The van der Waals surface area contributed by atoms with E-state index in [1.807, 2.05) is 0 Å². The van der Waals surface area contributed by atoms with Gasteiger partial charge in [-0.2, -0.15) is 4.31 Å². The summed E-state index contributed by atoms with van der Waals surface area (Å²) in [7, 11) is -3.64. The van der Waals surface area contributed by atoms with Crippen LogP contribution in [0.25, 0.3) is 0 Å². The predicted molar refractivity (Wildman–Crippen MR) is 98.0 cm³/mol. The SMILES string of the molecule is CC1CCN(S(=O)(=O)c2cccc(C(=O)Nc3ccccc3F)c2)CC1. The lowest BCUT2D eigenvalue weighted by molar-refractivity contribution is 0.102. The molecule has 1 heterocycles. The van der Waals surface area contributed by atoms with Gasteiger partial charge in [0.25, 0.3) is 5.91 Å². The lowest BCUT2D eigenvalue weighted by Crippen LogP contribution is -2.37. The Labute approximate surface area is 152 Å². The zero-order valence-corrected chi connectivity index (χ0v) is 15.3. The minimum Gasteiger partial charge on any atom is -0.319 e. The van der Waals surface area contributed by atoms with Crippen molar-refractivity contribution in [3.63, 3.8) is 0 Å². The Bertz CT molecular complexity index is 907. The monoisotopic (exact) mass is 376 g/mol. The first-order chi connectivity index (χ1) is 12.4. The highest BCUT2D eigenvalue weighted by Crippen LogP contribution is 2.24. The summed E-state index contributed by atoms with van der Waals surface area (Å²) in [6.07, 6.45) is 1.65. The van der Waals surface area contributed by atoms with Crippen LogP contribution < -0.4 is 5.32 Å². The molecule has 1 saturated heterocycles. The van der Waals surface area contributed by atoms with Crippen molar-refractivity contribution in [1.29, 1.82) is 0 Å². The van der Waals surface area contributed by atoms with E-state index in [9.17, 15) is 17.6 Å². The van der Waals surface area contributed by atoms with Crippen LogP contribution in [-0.4, -0.2) is 31.7 Å². The molecule has 26 heavy (non-hydrogen) atoms. The van der Waals surface area contributed by atoms with Gasteiger partial charge in [-0.3, -0.25) is 4.79 Å². The second kappa shape index (κ2) is 7.55. The number of hydrogen-bond acceptors (Lipinski definition) is 3. The van der Waals surface area contributed by atoms with Crippen molar-refractivity contribution in [2.24, 2.45) is 5.92 Å². The highest BCUT2D eigenvalue weighted by molar-refractivity contribution is 7.89. The van der Waals surface area contributed by atoms with E-state index in [4.69, 9.17) is 0 Å². The fourth-order valence-electron chi connectivity index (χ4n) is 2.93. The normalized spacial score (nSPS) is 16.4. The zero-order valence-electron chi connectivity index (χ0n) is 14.5. The van der Waals surface area contributed by atoms with Gasteiger partial charge < -0.3 is 5.32 Å². The Kier molecular flexibility index (Phi) is 5.38. The van der Waals surface area contributed by atoms with Gasteiger partial charge in [0.1, 0.15) is 5.82 Å². The van der Waals surface area contributed by atoms with Crippen LogP contribution in [0, 0.1) is 11.7 Å². The number of carbonyl (C=O) groups is 1. The Morgan fingerprint density at radius 3 is 2.50 bits per heavy atom. The second-order valence-corrected chi connectivity index (χ2v) is 8.49. The minimum absolute atomic E-state index is 0.0516. The first-order valence-corrected chi connectivity index (χ1v) is 9.98. The molecule has 0 atom stereocenters. The van der Waals surface area contributed by atoms with Gasteiger partial charge in [0.05, 0.1) is 10.6 Å². The number of nitrogens with one attached hydrogen (secondary N) is 1. The molecule has 3 rings (SSSR count). The number of benzene rings is 2. The third-order valence-corrected chi connectivity index (χ3v) is 6.49. The van der Waals surface area contributed by atoms with Crippen LogP contribution in [0.4, 0.5) is 10.1 Å². The third-order valence-electron chi connectivity index (χ3n) is 4.60. The number of rotatable bonds is 4. The van der Waals surface area contributed by atoms with Gasteiger partial charge in [-0.05, 0) is 49.1 Å². The topological polar surface area (TPSA) is 66.5 Å². The molecule has 0 spiro atoms. The molecule has 1 aliphatic rings. The lowest BCUT2D eigenvalue weighted by atomic mass is 10.0. The summed E-state index contributed by atoms with van der Waals surface area (Å²) in [6, 6.07) is 11.7. The predicted octanol–water partition coefficient (Wildman–Crippen LogP) is 3.50. The highest BCUT2D eigenvalue weighted by Gasteiger charge is 2.28. The number of hydrogen-bond donors (Lipinski definition) is 1. The number of anilines is 1. The maximum Gasteiger partial charge on any atom is 0.255 e. The first kappa shape index (κ1) is 18.5. The quantitative estimate of drug-likeness (QED) is 0.888. The third kappa shape index (κ3) is 3.94. The fourth-order valence-corrected chi connectivity index (χ4v) is 4.45. The van der Waals surface area contributed by atoms with Crippen molar-refractivity contribution in [3.05, 3.63) is 59.9 Å². The smallest absolute Gasteiger partial charge is 0.255 e. The van der Waals surface area contributed by atoms with Crippen molar-refractivity contribution < 1.29 is 17.6 Å². The molecule has 0 unspecified atom stereocenters. The molecular formula is C19H21FN2O3S. The molecule has 1 aliphatic heterocycles. The summed E-state index contributed by atoms with van der Waals surface area (Å²) in [6.45, 7) is 3.07. The van der Waals surface area contributed by atoms with E-state index in [0.717, 1.165) is 12.8 Å². The van der Waals surface area contributed by atoms with E-state index in [-0.39, 0.29) is 16.1 Å².